The predicted molar refractivity (Wildman–Crippen MR) is 89.4 cm³/mol. The van der Waals surface area contributed by atoms with Gasteiger partial charge >= 0.3 is 0 Å². The molecule has 1 atom stereocenters. The molecule has 0 aromatic heterocycles. The maximum Gasteiger partial charge on any atom is 0.238 e. The summed E-state index contributed by atoms with van der Waals surface area (Å²) in [7, 11) is 0. The van der Waals surface area contributed by atoms with Gasteiger partial charge < -0.3 is 10.6 Å². The quantitative estimate of drug-likeness (QED) is 0.885. The molecule has 1 aromatic carbocycles. The number of halogens is 1. The second-order valence-electron chi connectivity index (χ2n) is 5.84. The lowest BCUT2D eigenvalue weighted by Crippen LogP contribution is -2.40. The van der Waals surface area contributed by atoms with Crippen LogP contribution in [-0.2, 0) is 9.59 Å². The van der Waals surface area contributed by atoms with Crippen molar-refractivity contribution in [3.63, 3.8) is 0 Å². The van der Waals surface area contributed by atoms with E-state index in [4.69, 9.17) is 11.6 Å². The van der Waals surface area contributed by atoms with Crippen molar-refractivity contribution in [3.8, 4) is 0 Å². The first-order chi connectivity index (χ1) is 10.6. The summed E-state index contributed by atoms with van der Waals surface area (Å²) in [5, 5.41) is 6.12. The first-order valence-corrected chi connectivity index (χ1v) is 8.94. The maximum absolute atomic E-state index is 12.2. The van der Waals surface area contributed by atoms with Crippen LogP contribution in [0.5, 0.6) is 0 Å². The fourth-order valence-electron chi connectivity index (χ4n) is 2.96. The van der Waals surface area contributed by atoms with Crippen molar-refractivity contribution in [1.82, 2.24) is 5.32 Å². The van der Waals surface area contributed by atoms with Gasteiger partial charge in [0.15, 0.2) is 0 Å². The second kappa shape index (κ2) is 6.92. The van der Waals surface area contributed by atoms with Crippen molar-refractivity contribution < 1.29 is 9.59 Å². The molecule has 1 saturated carbocycles. The molecule has 3 rings (SSSR count). The summed E-state index contributed by atoms with van der Waals surface area (Å²) in [4.78, 5) is 25.3. The number of carbonyl (C=O) groups excluding carboxylic acids is 2. The SMILES string of the molecule is O=C(CC1Sc2ccc(Cl)cc2NC1=O)NC1CCCCC1. The lowest BCUT2D eigenvalue weighted by molar-refractivity contribution is -0.124. The molecule has 6 heteroatoms. The van der Waals surface area contributed by atoms with E-state index in [1.54, 1.807) is 12.1 Å². The third-order valence-corrected chi connectivity index (χ3v) is 5.61. The van der Waals surface area contributed by atoms with Gasteiger partial charge in [-0.3, -0.25) is 9.59 Å². The lowest BCUT2D eigenvalue weighted by atomic mass is 9.95. The highest BCUT2D eigenvalue weighted by Gasteiger charge is 2.29. The highest BCUT2D eigenvalue weighted by Crippen LogP contribution is 2.38. The average Bonchev–Trinajstić information content (AvgIpc) is 2.49. The first-order valence-electron chi connectivity index (χ1n) is 7.68. The number of rotatable bonds is 3. The molecule has 4 nitrogen and oxygen atoms in total. The maximum atomic E-state index is 12.2. The topological polar surface area (TPSA) is 58.2 Å². The highest BCUT2D eigenvalue weighted by atomic mass is 35.5. The summed E-state index contributed by atoms with van der Waals surface area (Å²) >= 11 is 7.36. The van der Waals surface area contributed by atoms with E-state index in [0.717, 1.165) is 23.4 Å². The molecule has 118 valence electrons. The fraction of sp³-hybridized carbons (Fsp3) is 0.500. The Hall–Kier alpha value is -1.20. The minimum absolute atomic E-state index is 0.0306. The van der Waals surface area contributed by atoms with Gasteiger partial charge in [-0.2, -0.15) is 0 Å². The Bertz CT molecular complexity index is 588. The molecular weight excluding hydrogens is 320 g/mol. The van der Waals surface area contributed by atoms with Crippen molar-refractivity contribution in [2.45, 2.75) is 54.7 Å². The molecule has 0 saturated heterocycles. The van der Waals surface area contributed by atoms with Gasteiger partial charge in [-0.15, -0.1) is 11.8 Å². The van der Waals surface area contributed by atoms with Crippen LogP contribution >= 0.6 is 23.4 Å². The minimum Gasteiger partial charge on any atom is -0.353 e. The van der Waals surface area contributed by atoms with Crippen LogP contribution in [0.25, 0.3) is 0 Å². The highest BCUT2D eigenvalue weighted by molar-refractivity contribution is 8.01. The van der Waals surface area contributed by atoms with E-state index in [2.05, 4.69) is 10.6 Å². The summed E-state index contributed by atoms with van der Waals surface area (Å²) in [5.74, 6) is -0.157. The van der Waals surface area contributed by atoms with Crippen molar-refractivity contribution in [2.75, 3.05) is 5.32 Å². The van der Waals surface area contributed by atoms with E-state index in [1.807, 2.05) is 6.07 Å². The average molecular weight is 339 g/mol. The van der Waals surface area contributed by atoms with Crippen LogP contribution in [0.3, 0.4) is 0 Å². The van der Waals surface area contributed by atoms with Gasteiger partial charge in [0.05, 0.1) is 10.9 Å². The van der Waals surface area contributed by atoms with E-state index >= 15 is 0 Å². The Kier molecular flexibility index (Phi) is 4.93. The van der Waals surface area contributed by atoms with Crippen molar-refractivity contribution in [2.24, 2.45) is 0 Å². The van der Waals surface area contributed by atoms with Crippen LogP contribution in [0.2, 0.25) is 5.02 Å². The van der Waals surface area contributed by atoms with Gasteiger partial charge in [0, 0.05) is 22.4 Å². The zero-order valence-electron chi connectivity index (χ0n) is 12.2. The number of hydrogen-bond acceptors (Lipinski definition) is 3. The molecule has 2 aliphatic rings. The number of anilines is 1. The molecule has 0 spiro atoms. The zero-order chi connectivity index (χ0) is 15.5. The van der Waals surface area contributed by atoms with E-state index < -0.39 is 0 Å². The molecule has 22 heavy (non-hydrogen) atoms. The Morgan fingerprint density at radius 2 is 2.09 bits per heavy atom. The van der Waals surface area contributed by atoms with Crippen LogP contribution in [0.1, 0.15) is 38.5 Å². The van der Waals surface area contributed by atoms with Crippen LogP contribution < -0.4 is 10.6 Å². The number of fused-ring (bicyclic) bond motifs is 1. The molecular formula is C16H19ClN2O2S. The molecule has 1 unspecified atom stereocenters. The van der Waals surface area contributed by atoms with Gasteiger partial charge in [-0.25, -0.2) is 0 Å². The third-order valence-electron chi connectivity index (χ3n) is 4.10. The lowest BCUT2D eigenvalue weighted by Gasteiger charge is -2.26. The van der Waals surface area contributed by atoms with Crippen LogP contribution in [0, 0.1) is 0 Å². The largest absolute Gasteiger partial charge is 0.353 e. The monoisotopic (exact) mass is 338 g/mol. The Balaban J connectivity index is 1.59. The fourth-order valence-corrected chi connectivity index (χ4v) is 4.22. The Labute approximate surface area is 139 Å². The third kappa shape index (κ3) is 3.76. The van der Waals surface area contributed by atoms with Gasteiger partial charge in [0.25, 0.3) is 0 Å². The first kappa shape index (κ1) is 15.7. The number of nitrogens with one attached hydrogen (secondary N) is 2. The number of benzene rings is 1. The molecule has 0 bridgehead atoms. The van der Waals surface area contributed by atoms with E-state index in [0.29, 0.717) is 5.02 Å². The van der Waals surface area contributed by atoms with Crippen LogP contribution in [-0.4, -0.2) is 23.1 Å². The predicted octanol–water partition coefficient (Wildman–Crippen LogP) is 3.59. The molecule has 2 N–H and O–H groups in total. The Morgan fingerprint density at radius 3 is 2.86 bits per heavy atom. The molecule has 1 aromatic rings. The number of carbonyl (C=O) groups is 2. The second-order valence-corrected chi connectivity index (χ2v) is 7.52. The normalized spacial score (nSPS) is 21.9. The van der Waals surface area contributed by atoms with Crippen LogP contribution in [0.15, 0.2) is 23.1 Å². The van der Waals surface area contributed by atoms with E-state index in [-0.39, 0.29) is 29.5 Å². The van der Waals surface area contributed by atoms with E-state index in [9.17, 15) is 9.59 Å². The number of amides is 2. The molecule has 1 aliphatic carbocycles. The summed E-state index contributed by atoms with van der Waals surface area (Å²) < 4.78 is 0. The minimum atomic E-state index is -0.378. The van der Waals surface area contributed by atoms with Gasteiger partial charge in [0.2, 0.25) is 11.8 Å². The smallest absolute Gasteiger partial charge is 0.238 e. The molecule has 2 amide bonds. The standard InChI is InChI=1S/C16H19ClN2O2S/c17-10-6-7-13-12(8-10)19-16(21)14(22-13)9-15(20)18-11-4-2-1-3-5-11/h6-8,11,14H,1-5,9H2,(H,18,20)(H,19,21). The van der Waals surface area contributed by atoms with Gasteiger partial charge in [-0.1, -0.05) is 30.9 Å². The molecule has 1 fully saturated rings. The van der Waals surface area contributed by atoms with Crippen molar-refractivity contribution in [1.29, 1.82) is 0 Å². The summed E-state index contributed by atoms with van der Waals surface area (Å²) in [6.07, 6.45) is 5.94. The zero-order valence-corrected chi connectivity index (χ0v) is 13.8. The van der Waals surface area contributed by atoms with Crippen molar-refractivity contribution in [3.05, 3.63) is 23.2 Å². The molecule has 0 radical (unpaired) electrons. The number of hydrogen-bond donors (Lipinski definition) is 2. The number of thioether (sulfide) groups is 1. The van der Waals surface area contributed by atoms with Gasteiger partial charge in [-0.05, 0) is 31.0 Å². The van der Waals surface area contributed by atoms with Crippen LogP contribution in [0.4, 0.5) is 5.69 Å². The van der Waals surface area contributed by atoms with Gasteiger partial charge in [0.1, 0.15) is 0 Å². The molecule has 1 aliphatic heterocycles. The summed E-state index contributed by atoms with van der Waals surface area (Å²) in [6.45, 7) is 0. The summed E-state index contributed by atoms with van der Waals surface area (Å²) in [5.41, 5.74) is 0.728. The molecule has 1 heterocycles. The summed E-state index contributed by atoms with van der Waals surface area (Å²) in [6, 6.07) is 5.70. The van der Waals surface area contributed by atoms with E-state index in [1.165, 1.54) is 31.0 Å². The van der Waals surface area contributed by atoms with Crippen molar-refractivity contribution >= 4 is 40.9 Å². The Morgan fingerprint density at radius 1 is 1.32 bits per heavy atom.